The molecule has 5 atom stereocenters. The Morgan fingerprint density at radius 1 is 1.11 bits per heavy atom. The molecule has 0 bridgehead atoms. The van der Waals surface area contributed by atoms with Gasteiger partial charge in [-0.05, 0) is 82.5 Å². The van der Waals surface area contributed by atoms with Gasteiger partial charge in [-0.15, -0.1) is 0 Å². The minimum Gasteiger partial charge on any atom is -0.393 e. The van der Waals surface area contributed by atoms with Crippen LogP contribution in [0.1, 0.15) is 98.8 Å². The van der Waals surface area contributed by atoms with E-state index in [0.29, 0.717) is 36.5 Å². The molecule has 0 radical (unpaired) electrons. The zero-order valence-corrected chi connectivity index (χ0v) is 18.9. The molecule has 2 rings (SSSR count). The van der Waals surface area contributed by atoms with E-state index >= 15 is 0 Å². The molecular weight excluding hydrogens is 348 g/mol. The number of hydrogen-bond donors (Lipinski definition) is 3. The van der Waals surface area contributed by atoms with Crippen LogP contribution in [0.2, 0.25) is 0 Å². The highest BCUT2D eigenvalue weighted by Gasteiger charge is 2.36. The average Bonchev–Trinajstić information content (AvgIpc) is 2.57. The summed E-state index contributed by atoms with van der Waals surface area (Å²) in [6.45, 7) is 11.1. The van der Waals surface area contributed by atoms with Gasteiger partial charge in [0.15, 0.2) is 0 Å². The van der Waals surface area contributed by atoms with E-state index in [9.17, 15) is 15.3 Å². The molecule has 0 aromatic heterocycles. The summed E-state index contributed by atoms with van der Waals surface area (Å²) in [5, 5.41) is 29.7. The van der Waals surface area contributed by atoms with Crippen LogP contribution in [-0.4, -0.2) is 33.1 Å². The molecule has 162 valence electrons. The van der Waals surface area contributed by atoms with Crippen molar-refractivity contribution in [3.8, 4) is 0 Å². The fraction of sp³-hybridized carbons (Fsp3) is 0.840. The molecule has 2 fully saturated rings. The third kappa shape index (κ3) is 7.31. The SMILES string of the molecule is C[C@H](CCCC(C)(C)O)[C@H](C)[C@@]1(C)CCC/C(=C\C=C2C[C@@H](O)C[C@H](O)C2)C1. The minimum atomic E-state index is -0.554. The summed E-state index contributed by atoms with van der Waals surface area (Å²) < 4.78 is 0. The Morgan fingerprint density at radius 3 is 2.32 bits per heavy atom. The highest BCUT2D eigenvalue weighted by Crippen LogP contribution is 2.48. The second-order valence-corrected chi connectivity index (χ2v) is 10.8. The predicted octanol–water partition coefficient (Wildman–Crippen LogP) is 5.54. The average molecular weight is 393 g/mol. The Hall–Kier alpha value is -0.640. The Kier molecular flexibility index (Phi) is 8.37. The molecule has 0 amide bonds. The van der Waals surface area contributed by atoms with Crippen molar-refractivity contribution in [3.63, 3.8) is 0 Å². The monoisotopic (exact) mass is 392 g/mol. The van der Waals surface area contributed by atoms with Crippen LogP contribution in [0, 0.1) is 17.3 Å². The second kappa shape index (κ2) is 9.91. The topological polar surface area (TPSA) is 60.7 Å². The maximum absolute atomic E-state index is 9.96. The zero-order chi connectivity index (χ0) is 20.9. The molecule has 28 heavy (non-hydrogen) atoms. The summed E-state index contributed by atoms with van der Waals surface area (Å²) in [5.74, 6) is 1.32. The highest BCUT2D eigenvalue weighted by atomic mass is 16.3. The van der Waals surface area contributed by atoms with Gasteiger partial charge in [-0.2, -0.15) is 0 Å². The summed E-state index contributed by atoms with van der Waals surface area (Å²) in [5.41, 5.74) is 2.48. The molecule has 2 aliphatic carbocycles. The van der Waals surface area contributed by atoms with E-state index in [-0.39, 0.29) is 0 Å². The van der Waals surface area contributed by atoms with Gasteiger partial charge in [0, 0.05) is 0 Å². The normalized spacial score (nSPS) is 33.0. The highest BCUT2D eigenvalue weighted by molar-refractivity contribution is 5.22. The molecule has 0 saturated heterocycles. The Morgan fingerprint density at radius 2 is 1.71 bits per heavy atom. The number of allylic oxidation sites excluding steroid dienone is 3. The maximum atomic E-state index is 9.96. The zero-order valence-electron chi connectivity index (χ0n) is 18.9. The number of aliphatic hydroxyl groups is 3. The van der Waals surface area contributed by atoms with Crippen LogP contribution in [0.4, 0.5) is 0 Å². The van der Waals surface area contributed by atoms with Gasteiger partial charge < -0.3 is 15.3 Å². The van der Waals surface area contributed by atoms with Gasteiger partial charge in [-0.3, -0.25) is 0 Å². The van der Waals surface area contributed by atoms with Crippen LogP contribution < -0.4 is 0 Å². The van der Waals surface area contributed by atoms with Gasteiger partial charge in [0.25, 0.3) is 0 Å². The van der Waals surface area contributed by atoms with Crippen LogP contribution in [0.15, 0.2) is 23.3 Å². The van der Waals surface area contributed by atoms with Crippen LogP contribution in [0.25, 0.3) is 0 Å². The summed E-state index contributed by atoms with van der Waals surface area (Å²) in [6.07, 6.45) is 13.6. The van der Waals surface area contributed by atoms with Crippen molar-refractivity contribution in [1.29, 1.82) is 0 Å². The predicted molar refractivity (Wildman–Crippen MR) is 117 cm³/mol. The Balaban J connectivity index is 1.95. The second-order valence-electron chi connectivity index (χ2n) is 10.8. The fourth-order valence-electron chi connectivity index (χ4n) is 5.28. The molecule has 0 aromatic rings. The van der Waals surface area contributed by atoms with E-state index in [1.165, 1.54) is 36.8 Å². The largest absolute Gasteiger partial charge is 0.393 e. The van der Waals surface area contributed by atoms with Crippen molar-refractivity contribution in [2.24, 2.45) is 17.3 Å². The fourth-order valence-corrected chi connectivity index (χ4v) is 5.28. The van der Waals surface area contributed by atoms with E-state index in [2.05, 4.69) is 32.9 Å². The van der Waals surface area contributed by atoms with Gasteiger partial charge in [-0.25, -0.2) is 0 Å². The number of rotatable bonds is 7. The first-order valence-corrected chi connectivity index (χ1v) is 11.4. The van der Waals surface area contributed by atoms with E-state index in [1.54, 1.807) is 0 Å². The molecule has 2 aliphatic rings. The molecule has 0 aromatic carbocycles. The van der Waals surface area contributed by atoms with E-state index < -0.39 is 17.8 Å². The van der Waals surface area contributed by atoms with E-state index in [4.69, 9.17) is 0 Å². The molecule has 0 heterocycles. The lowest BCUT2D eigenvalue weighted by atomic mass is 9.62. The third-order valence-corrected chi connectivity index (χ3v) is 7.37. The van der Waals surface area contributed by atoms with Crippen LogP contribution in [0.5, 0.6) is 0 Å². The lowest BCUT2D eigenvalue weighted by Crippen LogP contribution is -2.33. The molecule has 0 unspecified atom stereocenters. The Bertz CT molecular complexity index is 545. The number of hydrogen-bond acceptors (Lipinski definition) is 3. The first-order valence-electron chi connectivity index (χ1n) is 11.4. The van der Waals surface area contributed by atoms with Crippen molar-refractivity contribution in [1.82, 2.24) is 0 Å². The molecular formula is C25H44O3. The van der Waals surface area contributed by atoms with E-state index in [0.717, 1.165) is 19.3 Å². The van der Waals surface area contributed by atoms with Crippen LogP contribution >= 0.6 is 0 Å². The summed E-state index contributed by atoms with van der Waals surface area (Å²) in [7, 11) is 0. The lowest BCUT2D eigenvalue weighted by Gasteiger charge is -2.43. The minimum absolute atomic E-state index is 0.336. The summed E-state index contributed by atoms with van der Waals surface area (Å²) in [4.78, 5) is 0. The molecule has 0 aliphatic heterocycles. The first-order chi connectivity index (χ1) is 13.0. The van der Waals surface area contributed by atoms with Crippen molar-refractivity contribution in [3.05, 3.63) is 23.3 Å². The standard InChI is InChI=1S/C25H44O3/c1-18(8-6-12-24(3,4)28)19(2)25(5)13-7-9-20(17-25)10-11-21-14-22(26)16-23(27)15-21/h10-11,18-19,22-23,26-28H,6-9,12-17H2,1-5H3/b20-10+/t18-,19+,22-,23-,25+/m1/s1. The van der Waals surface area contributed by atoms with Gasteiger partial charge in [0.05, 0.1) is 17.8 Å². The van der Waals surface area contributed by atoms with Crippen molar-refractivity contribution in [2.75, 3.05) is 0 Å². The molecule has 3 heteroatoms. The van der Waals surface area contributed by atoms with Gasteiger partial charge >= 0.3 is 0 Å². The maximum Gasteiger partial charge on any atom is 0.0602 e. The summed E-state index contributed by atoms with van der Waals surface area (Å²) >= 11 is 0. The van der Waals surface area contributed by atoms with Gasteiger partial charge in [0.2, 0.25) is 0 Å². The third-order valence-electron chi connectivity index (χ3n) is 7.37. The van der Waals surface area contributed by atoms with Gasteiger partial charge in [0.1, 0.15) is 0 Å². The molecule has 2 saturated carbocycles. The van der Waals surface area contributed by atoms with Crippen molar-refractivity contribution in [2.45, 2.75) is 117 Å². The Labute approximate surface area is 172 Å². The van der Waals surface area contributed by atoms with Crippen molar-refractivity contribution >= 4 is 0 Å². The van der Waals surface area contributed by atoms with Gasteiger partial charge in [-0.1, -0.05) is 56.9 Å². The lowest BCUT2D eigenvalue weighted by molar-refractivity contribution is 0.0600. The van der Waals surface area contributed by atoms with Crippen LogP contribution in [0.3, 0.4) is 0 Å². The molecule has 0 spiro atoms. The summed E-state index contributed by atoms with van der Waals surface area (Å²) in [6, 6.07) is 0. The number of aliphatic hydroxyl groups excluding tert-OH is 2. The quantitative estimate of drug-likeness (QED) is 0.533. The van der Waals surface area contributed by atoms with Crippen molar-refractivity contribution < 1.29 is 15.3 Å². The molecule has 3 nitrogen and oxygen atoms in total. The smallest absolute Gasteiger partial charge is 0.0602 e. The first kappa shape index (κ1) is 23.6. The van der Waals surface area contributed by atoms with Crippen LogP contribution in [-0.2, 0) is 0 Å². The molecule has 3 N–H and O–H groups in total. The van der Waals surface area contributed by atoms with E-state index in [1.807, 2.05) is 13.8 Å².